The number of alkyl halides is 3. The molecule has 23 heavy (non-hydrogen) atoms. The fourth-order valence-corrected chi connectivity index (χ4v) is 2.88. The van der Waals surface area contributed by atoms with E-state index < -0.39 is 17.3 Å². The second-order valence-corrected chi connectivity index (χ2v) is 5.89. The largest absolute Gasteiger partial charge is 0.453 e. The molecule has 2 aromatic rings. The average molecular weight is 345 g/mol. The molecular weight excluding hydrogens is 331 g/mol. The van der Waals surface area contributed by atoms with Gasteiger partial charge in [-0.15, -0.1) is 10.2 Å². The summed E-state index contributed by atoms with van der Waals surface area (Å²) in [5, 5.41) is 5.53. The number of carbonyl (C=O) groups is 1. The van der Waals surface area contributed by atoms with Crippen molar-refractivity contribution in [3.8, 4) is 0 Å². The number of rotatable bonds is 4. The highest BCUT2D eigenvalue weighted by atomic mass is 32.2. The Morgan fingerprint density at radius 3 is 2.35 bits per heavy atom. The number of halogens is 3. The highest BCUT2D eigenvalue weighted by Gasteiger charge is 2.39. The maximum Gasteiger partial charge on any atom is 0.453 e. The molecule has 124 valence electrons. The normalized spacial score (nSPS) is 12.9. The number of nitrogens with two attached hydrogens (primary N) is 1. The van der Waals surface area contributed by atoms with Crippen LogP contribution in [0.5, 0.6) is 0 Å². The van der Waals surface area contributed by atoms with Crippen LogP contribution in [-0.2, 0) is 11.0 Å². The first-order valence-electron chi connectivity index (χ1n) is 6.42. The molecule has 0 aliphatic rings. The Kier molecular flexibility index (Phi) is 4.83. The van der Waals surface area contributed by atoms with E-state index in [9.17, 15) is 18.0 Å². The third kappa shape index (κ3) is 3.76. The van der Waals surface area contributed by atoms with Crippen LogP contribution in [0.2, 0.25) is 0 Å². The van der Waals surface area contributed by atoms with Crippen molar-refractivity contribution in [1.82, 2.24) is 19.8 Å². The van der Waals surface area contributed by atoms with Gasteiger partial charge < -0.3 is 10.7 Å². The lowest BCUT2D eigenvalue weighted by Crippen LogP contribution is -2.27. The van der Waals surface area contributed by atoms with Crippen LogP contribution in [0, 0.1) is 0 Å². The Bertz CT molecular complexity index is 687. The van der Waals surface area contributed by atoms with Gasteiger partial charge in [0.1, 0.15) is 5.25 Å². The number of nitrogens with zero attached hydrogens (tertiary/aromatic N) is 4. The molecule has 0 spiro atoms. The molecule has 0 aliphatic heterocycles. The molecule has 2 rings (SSSR count). The Morgan fingerprint density at radius 1 is 1.26 bits per heavy atom. The SMILES string of the molecule is CN(C)C(=O)C(Sc1nnc(C(F)(F)F)n1N)c1ccccc1. The van der Waals surface area contributed by atoms with Gasteiger partial charge in [0.15, 0.2) is 0 Å². The van der Waals surface area contributed by atoms with E-state index in [4.69, 9.17) is 5.84 Å². The number of thioether (sulfide) groups is 1. The zero-order valence-electron chi connectivity index (χ0n) is 12.3. The summed E-state index contributed by atoms with van der Waals surface area (Å²) in [7, 11) is 3.13. The van der Waals surface area contributed by atoms with Crippen molar-refractivity contribution in [1.29, 1.82) is 0 Å². The molecule has 0 fully saturated rings. The smallest absolute Gasteiger partial charge is 0.348 e. The number of carbonyl (C=O) groups excluding carboxylic acids is 1. The lowest BCUT2D eigenvalue weighted by atomic mass is 10.1. The van der Waals surface area contributed by atoms with Crippen LogP contribution >= 0.6 is 11.8 Å². The number of hydrogen-bond acceptors (Lipinski definition) is 5. The first-order chi connectivity index (χ1) is 10.7. The lowest BCUT2D eigenvalue weighted by molar-refractivity contribution is -0.146. The molecule has 1 atom stereocenters. The fraction of sp³-hybridized carbons (Fsp3) is 0.308. The Hall–Kier alpha value is -2.23. The topological polar surface area (TPSA) is 77.0 Å². The predicted octanol–water partition coefficient (Wildman–Crippen LogP) is 1.93. The number of nitrogen functional groups attached to an aromatic ring is 1. The monoisotopic (exact) mass is 345 g/mol. The molecule has 1 unspecified atom stereocenters. The summed E-state index contributed by atoms with van der Waals surface area (Å²) >= 11 is 0.815. The zero-order chi connectivity index (χ0) is 17.2. The minimum Gasteiger partial charge on any atom is -0.348 e. The van der Waals surface area contributed by atoms with Gasteiger partial charge in [-0.3, -0.25) is 4.79 Å². The van der Waals surface area contributed by atoms with Crippen LogP contribution in [0.15, 0.2) is 35.5 Å². The molecule has 1 amide bonds. The summed E-state index contributed by atoms with van der Waals surface area (Å²) in [5.41, 5.74) is 0.632. The molecule has 1 aromatic heterocycles. The fourth-order valence-electron chi connectivity index (χ4n) is 1.78. The van der Waals surface area contributed by atoms with E-state index in [1.54, 1.807) is 44.4 Å². The van der Waals surface area contributed by atoms with Gasteiger partial charge in [0, 0.05) is 14.1 Å². The quantitative estimate of drug-likeness (QED) is 0.677. The van der Waals surface area contributed by atoms with Crippen LogP contribution in [0.4, 0.5) is 13.2 Å². The summed E-state index contributed by atoms with van der Waals surface area (Å²) < 4.78 is 38.5. The molecule has 0 saturated heterocycles. The third-order valence-electron chi connectivity index (χ3n) is 2.91. The zero-order valence-corrected chi connectivity index (χ0v) is 13.1. The molecule has 1 heterocycles. The Morgan fingerprint density at radius 2 is 1.87 bits per heavy atom. The summed E-state index contributed by atoms with van der Waals surface area (Å²) in [6, 6.07) is 8.67. The van der Waals surface area contributed by atoms with E-state index >= 15 is 0 Å². The van der Waals surface area contributed by atoms with Crippen LogP contribution in [0.1, 0.15) is 16.6 Å². The highest BCUT2D eigenvalue weighted by molar-refractivity contribution is 8.00. The second-order valence-electron chi connectivity index (χ2n) is 4.82. The summed E-state index contributed by atoms with van der Waals surface area (Å²) in [6.45, 7) is 0. The third-order valence-corrected chi connectivity index (χ3v) is 4.11. The van der Waals surface area contributed by atoms with E-state index in [0.717, 1.165) is 11.8 Å². The first kappa shape index (κ1) is 17.1. The van der Waals surface area contributed by atoms with Gasteiger partial charge in [-0.25, -0.2) is 4.68 Å². The van der Waals surface area contributed by atoms with Gasteiger partial charge in [0.2, 0.25) is 11.1 Å². The van der Waals surface area contributed by atoms with Gasteiger partial charge in [-0.05, 0) is 5.56 Å². The molecule has 10 heteroatoms. The van der Waals surface area contributed by atoms with Crippen molar-refractivity contribution in [2.24, 2.45) is 0 Å². The minimum absolute atomic E-state index is 0.193. The summed E-state index contributed by atoms with van der Waals surface area (Å²) in [5.74, 6) is 3.81. The number of aromatic nitrogens is 3. The number of hydrogen-bond donors (Lipinski definition) is 1. The van der Waals surface area contributed by atoms with Crippen molar-refractivity contribution in [3.63, 3.8) is 0 Å². The molecule has 0 aliphatic carbocycles. The van der Waals surface area contributed by atoms with Crippen molar-refractivity contribution in [2.75, 3.05) is 19.9 Å². The second kappa shape index (κ2) is 6.49. The van der Waals surface area contributed by atoms with E-state index in [1.165, 1.54) is 4.90 Å². The van der Waals surface area contributed by atoms with Gasteiger partial charge >= 0.3 is 6.18 Å². The van der Waals surface area contributed by atoms with E-state index in [1.807, 2.05) is 0 Å². The minimum atomic E-state index is -4.71. The molecule has 6 nitrogen and oxygen atoms in total. The van der Waals surface area contributed by atoms with Crippen molar-refractivity contribution in [2.45, 2.75) is 16.6 Å². The number of amides is 1. The Labute approximate surface area is 134 Å². The molecule has 0 saturated carbocycles. The predicted molar refractivity (Wildman–Crippen MR) is 78.9 cm³/mol. The Balaban J connectivity index is 2.36. The van der Waals surface area contributed by atoms with Gasteiger partial charge in [-0.2, -0.15) is 13.2 Å². The summed E-state index contributed by atoms with van der Waals surface area (Å²) in [4.78, 5) is 13.7. The van der Waals surface area contributed by atoms with Gasteiger partial charge in [0.25, 0.3) is 5.82 Å². The van der Waals surface area contributed by atoms with Gasteiger partial charge in [-0.1, -0.05) is 42.1 Å². The molecule has 2 N–H and O–H groups in total. The first-order valence-corrected chi connectivity index (χ1v) is 7.30. The van der Waals surface area contributed by atoms with Crippen molar-refractivity contribution >= 4 is 17.7 Å². The highest BCUT2D eigenvalue weighted by Crippen LogP contribution is 2.37. The van der Waals surface area contributed by atoms with Crippen molar-refractivity contribution < 1.29 is 18.0 Å². The van der Waals surface area contributed by atoms with Crippen molar-refractivity contribution in [3.05, 3.63) is 41.7 Å². The van der Waals surface area contributed by atoms with E-state index in [0.29, 0.717) is 10.2 Å². The van der Waals surface area contributed by atoms with Crippen LogP contribution in [-0.4, -0.2) is 39.8 Å². The maximum atomic E-state index is 12.7. The summed E-state index contributed by atoms with van der Waals surface area (Å²) in [6.07, 6.45) is -4.71. The number of benzene rings is 1. The van der Waals surface area contributed by atoms with E-state index in [-0.39, 0.29) is 11.1 Å². The molecule has 0 bridgehead atoms. The molecular formula is C13H14F3N5OS. The standard InChI is InChI=1S/C13H14F3N5OS/c1-20(2)10(22)9(8-6-4-3-5-7-8)23-12-19-18-11(21(12)17)13(14,15)16/h3-7,9H,17H2,1-2H3. The van der Waals surface area contributed by atoms with Crippen LogP contribution in [0.25, 0.3) is 0 Å². The molecule has 0 radical (unpaired) electrons. The van der Waals surface area contributed by atoms with Gasteiger partial charge in [0.05, 0.1) is 0 Å². The lowest BCUT2D eigenvalue weighted by Gasteiger charge is -2.20. The van der Waals surface area contributed by atoms with E-state index in [2.05, 4.69) is 10.2 Å². The average Bonchev–Trinajstić information content (AvgIpc) is 2.86. The maximum absolute atomic E-state index is 12.7. The molecule has 1 aromatic carbocycles. The number of likely N-dealkylation sites (N-methyl/N-ethyl adjacent to an activating group) is 1. The van der Waals surface area contributed by atoms with Crippen LogP contribution in [0.3, 0.4) is 0 Å². The van der Waals surface area contributed by atoms with Crippen LogP contribution < -0.4 is 5.84 Å².